The molecular weight excluding hydrogens is 340 g/mol. The third-order valence-electron chi connectivity index (χ3n) is 3.68. The average Bonchev–Trinajstić information content (AvgIpc) is 2.70. The lowest BCUT2D eigenvalue weighted by Crippen LogP contribution is -1.89. The van der Waals surface area contributed by atoms with Crippen LogP contribution in [0.3, 0.4) is 0 Å². The Morgan fingerprint density at radius 1 is 1.05 bits per heavy atom. The van der Waals surface area contributed by atoms with Gasteiger partial charge >= 0.3 is 0 Å². The molecule has 0 N–H and O–H groups in total. The molecule has 3 rings (SSSR count). The average molecular weight is 356 g/mol. The predicted octanol–water partition coefficient (Wildman–Crippen LogP) is 6.15. The summed E-state index contributed by atoms with van der Waals surface area (Å²) in [5.74, 6) is 0. The highest BCUT2D eigenvalue weighted by Gasteiger charge is 2.17. The van der Waals surface area contributed by atoms with Gasteiger partial charge in [-0.3, -0.25) is 0 Å². The zero-order valence-electron chi connectivity index (χ0n) is 10.7. The Kier molecular flexibility index (Phi) is 4.30. The van der Waals surface area contributed by atoms with Crippen LogP contribution in [-0.2, 0) is 12.8 Å². The molecule has 0 amide bonds. The summed E-state index contributed by atoms with van der Waals surface area (Å²) in [6.07, 6.45) is 6.59. The number of thiophene rings is 1. The predicted molar refractivity (Wildman–Crippen MR) is 87.8 cm³/mol. The van der Waals surface area contributed by atoms with Crippen molar-refractivity contribution in [3.8, 4) is 0 Å². The van der Waals surface area contributed by atoms with Gasteiger partial charge in [-0.15, -0.1) is 11.3 Å². The van der Waals surface area contributed by atoms with Crippen LogP contribution < -0.4 is 0 Å². The Hall–Kier alpha value is -0.310. The van der Waals surface area contributed by atoms with E-state index in [0.717, 1.165) is 5.02 Å². The maximum atomic E-state index is 5.95. The summed E-state index contributed by atoms with van der Waals surface area (Å²) in [7, 11) is 0. The van der Waals surface area contributed by atoms with Crippen LogP contribution in [0.5, 0.6) is 0 Å². The number of rotatable bonds is 2. The number of alkyl halides is 1. The number of fused-ring (bicyclic) bond motifs is 1. The summed E-state index contributed by atoms with van der Waals surface area (Å²) in [5.41, 5.74) is 2.86. The summed E-state index contributed by atoms with van der Waals surface area (Å²) in [6, 6.07) is 10.5. The normalized spacial score (nSPS) is 16.7. The van der Waals surface area contributed by atoms with Crippen molar-refractivity contribution in [1.29, 1.82) is 0 Å². The minimum atomic E-state index is 0.293. The number of hydrogen-bond acceptors (Lipinski definition) is 1. The number of benzene rings is 1. The molecule has 100 valence electrons. The summed E-state index contributed by atoms with van der Waals surface area (Å²) >= 11 is 11.8. The first-order valence-corrected chi connectivity index (χ1v) is 8.86. The fourth-order valence-corrected chi connectivity index (χ4v) is 4.72. The maximum absolute atomic E-state index is 5.95. The van der Waals surface area contributed by atoms with Gasteiger partial charge in [-0.2, -0.15) is 0 Å². The molecule has 1 aromatic heterocycles. The Morgan fingerprint density at radius 2 is 1.79 bits per heavy atom. The molecule has 0 aliphatic heterocycles. The van der Waals surface area contributed by atoms with Crippen molar-refractivity contribution in [3.05, 3.63) is 56.2 Å². The lowest BCUT2D eigenvalue weighted by Gasteiger charge is -2.08. The highest BCUT2D eigenvalue weighted by molar-refractivity contribution is 9.09. The van der Waals surface area contributed by atoms with Crippen molar-refractivity contribution in [2.45, 2.75) is 36.9 Å². The van der Waals surface area contributed by atoms with Crippen molar-refractivity contribution in [2.75, 3.05) is 0 Å². The van der Waals surface area contributed by atoms with E-state index in [9.17, 15) is 0 Å². The zero-order chi connectivity index (χ0) is 13.2. The van der Waals surface area contributed by atoms with E-state index in [2.05, 4.69) is 34.1 Å². The number of aryl methyl sites for hydroxylation is 2. The van der Waals surface area contributed by atoms with E-state index in [4.69, 9.17) is 11.6 Å². The van der Waals surface area contributed by atoms with Crippen LogP contribution in [0.2, 0.25) is 5.02 Å². The van der Waals surface area contributed by atoms with E-state index >= 15 is 0 Å². The molecule has 2 aromatic rings. The van der Waals surface area contributed by atoms with Gasteiger partial charge in [-0.25, -0.2) is 0 Å². The van der Waals surface area contributed by atoms with Gasteiger partial charge in [-0.1, -0.05) is 46.1 Å². The molecule has 1 aliphatic rings. The van der Waals surface area contributed by atoms with Crippen molar-refractivity contribution in [2.24, 2.45) is 0 Å². The van der Waals surface area contributed by atoms with Crippen molar-refractivity contribution in [1.82, 2.24) is 0 Å². The molecule has 0 saturated carbocycles. The van der Waals surface area contributed by atoms with E-state index in [-0.39, 0.29) is 0 Å². The topological polar surface area (TPSA) is 0 Å². The molecule has 0 fully saturated rings. The molecule has 1 aliphatic carbocycles. The summed E-state index contributed by atoms with van der Waals surface area (Å²) in [5, 5.41) is 0.797. The second-order valence-corrected chi connectivity index (χ2v) is 7.59. The Labute approximate surface area is 131 Å². The third kappa shape index (κ3) is 3.07. The largest absolute Gasteiger partial charge is 0.144 e. The maximum Gasteiger partial charge on any atom is 0.0738 e. The number of hydrogen-bond donors (Lipinski definition) is 0. The van der Waals surface area contributed by atoms with E-state index in [0.29, 0.717) is 4.83 Å². The summed E-state index contributed by atoms with van der Waals surface area (Å²) in [6.45, 7) is 0. The molecule has 3 heteroatoms. The molecule has 19 heavy (non-hydrogen) atoms. The molecule has 1 unspecified atom stereocenters. The monoisotopic (exact) mass is 354 g/mol. The molecule has 1 aromatic carbocycles. The van der Waals surface area contributed by atoms with Crippen molar-refractivity contribution < 1.29 is 0 Å². The fourth-order valence-electron chi connectivity index (χ4n) is 2.61. The van der Waals surface area contributed by atoms with Crippen molar-refractivity contribution in [3.63, 3.8) is 0 Å². The number of halogens is 2. The fraction of sp³-hybridized carbons (Fsp3) is 0.375. The molecule has 0 bridgehead atoms. The van der Waals surface area contributed by atoms with E-state index < -0.39 is 0 Å². The molecule has 0 spiro atoms. The van der Waals surface area contributed by atoms with Crippen LogP contribution in [0.4, 0.5) is 0 Å². The Bertz CT molecular complexity index is 535. The van der Waals surface area contributed by atoms with Crippen LogP contribution in [0.25, 0.3) is 0 Å². The van der Waals surface area contributed by atoms with Crippen LogP contribution in [0, 0.1) is 0 Å². The van der Waals surface area contributed by atoms with Crippen LogP contribution in [0.15, 0.2) is 30.3 Å². The third-order valence-corrected chi connectivity index (χ3v) is 6.56. The van der Waals surface area contributed by atoms with Gasteiger partial charge in [0.15, 0.2) is 0 Å². The SMILES string of the molecule is Clc1ccc(C(Br)c2cc3c(s2)CCCCC3)cc1. The second kappa shape index (κ2) is 5.99. The van der Waals surface area contributed by atoms with Crippen LogP contribution in [-0.4, -0.2) is 0 Å². The summed E-state index contributed by atoms with van der Waals surface area (Å²) in [4.78, 5) is 3.32. The highest BCUT2D eigenvalue weighted by atomic mass is 79.9. The Morgan fingerprint density at radius 3 is 2.58 bits per heavy atom. The quantitative estimate of drug-likeness (QED) is 0.447. The second-order valence-electron chi connectivity index (χ2n) is 5.07. The molecule has 1 atom stereocenters. The van der Waals surface area contributed by atoms with Crippen LogP contribution in [0.1, 0.15) is 45.0 Å². The molecule has 0 saturated heterocycles. The van der Waals surface area contributed by atoms with E-state index in [1.165, 1.54) is 42.5 Å². The molecule has 0 radical (unpaired) electrons. The minimum absolute atomic E-state index is 0.293. The van der Waals surface area contributed by atoms with E-state index in [1.54, 1.807) is 10.4 Å². The first-order valence-electron chi connectivity index (χ1n) is 6.75. The molecule has 1 heterocycles. The smallest absolute Gasteiger partial charge is 0.0738 e. The van der Waals surface area contributed by atoms with Gasteiger partial charge in [0.05, 0.1) is 4.83 Å². The lowest BCUT2D eigenvalue weighted by atomic mass is 10.1. The molecule has 0 nitrogen and oxygen atoms in total. The molecular formula is C16H16BrClS. The van der Waals surface area contributed by atoms with Crippen LogP contribution >= 0.6 is 38.9 Å². The minimum Gasteiger partial charge on any atom is -0.144 e. The first kappa shape index (κ1) is 13.7. The van der Waals surface area contributed by atoms with E-state index in [1.807, 2.05) is 23.5 Å². The lowest BCUT2D eigenvalue weighted by molar-refractivity contribution is 0.712. The first-order chi connectivity index (χ1) is 9.24. The van der Waals surface area contributed by atoms with Gasteiger partial charge in [0, 0.05) is 14.8 Å². The summed E-state index contributed by atoms with van der Waals surface area (Å²) < 4.78 is 0. The van der Waals surface area contributed by atoms with Gasteiger partial charge in [0.1, 0.15) is 0 Å². The van der Waals surface area contributed by atoms with Gasteiger partial charge in [0.2, 0.25) is 0 Å². The van der Waals surface area contributed by atoms with Gasteiger partial charge in [0.25, 0.3) is 0 Å². The van der Waals surface area contributed by atoms with Gasteiger partial charge < -0.3 is 0 Å². The highest BCUT2D eigenvalue weighted by Crippen LogP contribution is 2.39. The van der Waals surface area contributed by atoms with Crippen molar-refractivity contribution >= 4 is 38.9 Å². The standard InChI is InChI=1S/C16H16BrClS/c17-16(11-6-8-13(18)9-7-11)15-10-12-4-2-1-3-5-14(12)19-15/h6-10,16H,1-5H2. The van der Waals surface area contributed by atoms with Gasteiger partial charge in [-0.05, 0) is 55.0 Å². The zero-order valence-corrected chi connectivity index (χ0v) is 13.8. The Balaban J connectivity index is 1.87.